The van der Waals surface area contributed by atoms with Crippen LogP contribution in [0.25, 0.3) is 0 Å². The Balaban J connectivity index is 1.49. The first-order chi connectivity index (χ1) is 13.5. The third-order valence-electron chi connectivity index (χ3n) is 6.46. The fourth-order valence-corrected chi connectivity index (χ4v) is 4.77. The third kappa shape index (κ3) is 5.46. The highest BCUT2D eigenvalue weighted by molar-refractivity contribution is 6.31. The van der Waals surface area contributed by atoms with Gasteiger partial charge in [0.05, 0.1) is 6.42 Å². The lowest BCUT2D eigenvalue weighted by atomic mass is 9.93. The first kappa shape index (κ1) is 21.5. The summed E-state index contributed by atoms with van der Waals surface area (Å²) >= 11 is 6.09. The van der Waals surface area contributed by atoms with Crippen molar-refractivity contribution in [1.29, 1.82) is 0 Å². The molecule has 0 spiro atoms. The Hall–Kier alpha value is -1.17. The molecule has 0 atom stereocenters. The standard InChI is InChI=1S/C22H33ClFN3O/c1-3-26(22(28)15-19-20(23)5-4-6-21(19)24)16-17-7-13-27(14-8-17)18-9-11-25(2)12-10-18/h4-6,17-18H,3,7-16H2,1-2H3. The van der Waals surface area contributed by atoms with Crippen LogP contribution in [-0.2, 0) is 11.2 Å². The van der Waals surface area contributed by atoms with Gasteiger partial charge in [-0.2, -0.15) is 0 Å². The summed E-state index contributed by atoms with van der Waals surface area (Å²) < 4.78 is 14.0. The maximum Gasteiger partial charge on any atom is 0.227 e. The Kier molecular flexibility index (Phi) is 7.72. The summed E-state index contributed by atoms with van der Waals surface area (Å²) in [5.74, 6) is 0.0955. The van der Waals surface area contributed by atoms with Crippen molar-refractivity contribution in [3.63, 3.8) is 0 Å². The van der Waals surface area contributed by atoms with E-state index in [9.17, 15) is 9.18 Å². The minimum atomic E-state index is -0.400. The molecule has 0 unspecified atom stereocenters. The lowest BCUT2D eigenvalue weighted by Crippen LogP contribution is -2.48. The van der Waals surface area contributed by atoms with Gasteiger partial charge in [-0.15, -0.1) is 0 Å². The first-order valence-corrected chi connectivity index (χ1v) is 11.0. The van der Waals surface area contributed by atoms with Crippen molar-refractivity contribution in [2.45, 2.75) is 45.1 Å². The molecule has 2 fully saturated rings. The summed E-state index contributed by atoms with van der Waals surface area (Å²) in [5, 5.41) is 0.329. The van der Waals surface area contributed by atoms with Gasteiger partial charge in [-0.05, 0) is 83.9 Å². The summed E-state index contributed by atoms with van der Waals surface area (Å²) in [6.45, 7) is 8.06. The lowest BCUT2D eigenvalue weighted by molar-refractivity contribution is -0.131. The number of hydrogen-bond acceptors (Lipinski definition) is 3. The number of hydrogen-bond donors (Lipinski definition) is 0. The van der Waals surface area contributed by atoms with Crippen LogP contribution in [0, 0.1) is 11.7 Å². The van der Waals surface area contributed by atoms with Crippen LogP contribution in [0.4, 0.5) is 4.39 Å². The molecule has 2 heterocycles. The largest absolute Gasteiger partial charge is 0.342 e. The van der Waals surface area contributed by atoms with E-state index in [0.29, 0.717) is 23.0 Å². The van der Waals surface area contributed by atoms with E-state index >= 15 is 0 Å². The predicted molar refractivity (Wildman–Crippen MR) is 112 cm³/mol. The SMILES string of the molecule is CCN(CC1CCN(C2CCN(C)CC2)CC1)C(=O)Cc1c(F)cccc1Cl. The van der Waals surface area contributed by atoms with Crippen LogP contribution >= 0.6 is 11.6 Å². The highest BCUT2D eigenvalue weighted by Crippen LogP contribution is 2.25. The molecule has 0 saturated carbocycles. The fourth-order valence-electron chi connectivity index (χ4n) is 4.54. The smallest absolute Gasteiger partial charge is 0.227 e. The van der Waals surface area contributed by atoms with Gasteiger partial charge in [-0.25, -0.2) is 4.39 Å². The van der Waals surface area contributed by atoms with Gasteiger partial charge in [-0.1, -0.05) is 17.7 Å². The highest BCUT2D eigenvalue weighted by atomic mass is 35.5. The van der Waals surface area contributed by atoms with Crippen molar-refractivity contribution in [2.75, 3.05) is 46.3 Å². The number of carbonyl (C=O) groups is 1. The van der Waals surface area contributed by atoms with E-state index in [1.807, 2.05) is 11.8 Å². The fraction of sp³-hybridized carbons (Fsp3) is 0.682. The Morgan fingerprint density at radius 2 is 1.86 bits per heavy atom. The molecule has 0 N–H and O–H groups in total. The molecule has 2 aliphatic rings. The summed E-state index contributed by atoms with van der Waals surface area (Å²) in [7, 11) is 2.20. The maximum atomic E-state index is 14.0. The minimum Gasteiger partial charge on any atom is -0.342 e. The number of likely N-dealkylation sites (tertiary alicyclic amines) is 2. The molecule has 0 radical (unpaired) electrons. The van der Waals surface area contributed by atoms with Gasteiger partial charge < -0.3 is 14.7 Å². The molecular weight excluding hydrogens is 377 g/mol. The van der Waals surface area contributed by atoms with E-state index in [-0.39, 0.29) is 12.3 Å². The average Bonchev–Trinajstić information content (AvgIpc) is 2.70. The van der Waals surface area contributed by atoms with Gasteiger partial charge in [0, 0.05) is 29.7 Å². The molecule has 2 saturated heterocycles. The number of halogens is 2. The number of rotatable bonds is 6. The monoisotopic (exact) mass is 409 g/mol. The van der Waals surface area contributed by atoms with E-state index in [1.165, 1.54) is 32.0 Å². The van der Waals surface area contributed by atoms with Crippen molar-refractivity contribution in [1.82, 2.24) is 14.7 Å². The molecule has 28 heavy (non-hydrogen) atoms. The molecule has 1 aromatic carbocycles. The Morgan fingerprint density at radius 1 is 1.18 bits per heavy atom. The van der Waals surface area contributed by atoms with Gasteiger partial charge >= 0.3 is 0 Å². The maximum absolute atomic E-state index is 14.0. The topological polar surface area (TPSA) is 26.8 Å². The van der Waals surface area contributed by atoms with E-state index in [1.54, 1.807) is 12.1 Å². The van der Waals surface area contributed by atoms with Gasteiger partial charge in [0.25, 0.3) is 0 Å². The molecule has 156 valence electrons. The van der Waals surface area contributed by atoms with Gasteiger partial charge in [0.2, 0.25) is 5.91 Å². The van der Waals surface area contributed by atoms with Crippen molar-refractivity contribution in [3.05, 3.63) is 34.6 Å². The number of amides is 1. The van der Waals surface area contributed by atoms with E-state index < -0.39 is 5.82 Å². The summed E-state index contributed by atoms with van der Waals surface area (Å²) in [6.07, 6.45) is 4.84. The van der Waals surface area contributed by atoms with Crippen LogP contribution in [0.2, 0.25) is 5.02 Å². The Morgan fingerprint density at radius 3 is 2.46 bits per heavy atom. The molecule has 3 rings (SSSR count). The zero-order valence-corrected chi connectivity index (χ0v) is 17.9. The summed E-state index contributed by atoms with van der Waals surface area (Å²) in [5.41, 5.74) is 0.310. The third-order valence-corrected chi connectivity index (χ3v) is 6.81. The molecule has 0 aromatic heterocycles. The average molecular weight is 410 g/mol. The highest BCUT2D eigenvalue weighted by Gasteiger charge is 2.29. The second kappa shape index (κ2) is 10.0. The van der Waals surface area contributed by atoms with Crippen molar-refractivity contribution < 1.29 is 9.18 Å². The molecular formula is C22H33ClFN3O. The summed E-state index contributed by atoms with van der Waals surface area (Å²) in [4.78, 5) is 19.7. The van der Waals surface area contributed by atoms with Crippen LogP contribution in [0.3, 0.4) is 0 Å². The van der Waals surface area contributed by atoms with Crippen LogP contribution in [0.15, 0.2) is 18.2 Å². The molecule has 1 aromatic rings. The number of benzene rings is 1. The lowest BCUT2D eigenvalue weighted by Gasteiger charge is -2.41. The Labute approximate surface area is 173 Å². The molecule has 0 aliphatic carbocycles. The number of carbonyl (C=O) groups excluding carboxylic acids is 1. The predicted octanol–water partition coefficient (Wildman–Crippen LogP) is 3.68. The number of piperidine rings is 2. The van der Waals surface area contributed by atoms with E-state index in [2.05, 4.69) is 16.8 Å². The van der Waals surface area contributed by atoms with E-state index in [4.69, 9.17) is 11.6 Å². The molecule has 4 nitrogen and oxygen atoms in total. The van der Waals surface area contributed by atoms with Crippen LogP contribution in [0.1, 0.15) is 38.2 Å². The van der Waals surface area contributed by atoms with E-state index in [0.717, 1.165) is 38.5 Å². The van der Waals surface area contributed by atoms with Gasteiger partial charge in [-0.3, -0.25) is 4.79 Å². The van der Waals surface area contributed by atoms with Crippen molar-refractivity contribution in [3.8, 4) is 0 Å². The van der Waals surface area contributed by atoms with Crippen LogP contribution in [0.5, 0.6) is 0 Å². The molecule has 6 heteroatoms. The van der Waals surface area contributed by atoms with Crippen molar-refractivity contribution >= 4 is 17.5 Å². The molecule has 2 aliphatic heterocycles. The van der Waals surface area contributed by atoms with Gasteiger partial charge in [0.1, 0.15) is 5.82 Å². The second-order valence-corrected chi connectivity index (χ2v) is 8.73. The van der Waals surface area contributed by atoms with Crippen molar-refractivity contribution in [2.24, 2.45) is 5.92 Å². The Bertz CT molecular complexity index is 635. The zero-order chi connectivity index (χ0) is 20.1. The van der Waals surface area contributed by atoms with Crippen LogP contribution < -0.4 is 0 Å². The minimum absolute atomic E-state index is 0.0350. The quantitative estimate of drug-likeness (QED) is 0.717. The molecule has 0 bridgehead atoms. The molecule has 1 amide bonds. The summed E-state index contributed by atoms with van der Waals surface area (Å²) in [6, 6.07) is 5.30. The second-order valence-electron chi connectivity index (χ2n) is 8.32. The number of nitrogens with zero attached hydrogens (tertiary/aromatic N) is 3. The number of likely N-dealkylation sites (N-methyl/N-ethyl adjacent to an activating group) is 1. The van der Waals surface area contributed by atoms with Crippen LogP contribution in [-0.4, -0.2) is 73.0 Å². The van der Waals surface area contributed by atoms with Gasteiger partial charge in [0.15, 0.2) is 0 Å². The zero-order valence-electron chi connectivity index (χ0n) is 17.2. The first-order valence-electron chi connectivity index (χ1n) is 10.6. The normalized spacial score (nSPS) is 20.4.